The number of aromatic nitrogens is 1. The zero-order valence-corrected chi connectivity index (χ0v) is 19.9. The zero-order valence-electron chi connectivity index (χ0n) is 19.9. The van der Waals surface area contributed by atoms with E-state index in [4.69, 9.17) is 0 Å². The molecule has 0 fully saturated rings. The quantitative estimate of drug-likeness (QED) is 0.424. The fourth-order valence-corrected chi connectivity index (χ4v) is 4.64. The molecule has 1 aromatic heterocycles. The average molecular weight is 462 g/mol. The Morgan fingerprint density at radius 1 is 1.18 bits per heavy atom. The van der Waals surface area contributed by atoms with Gasteiger partial charge in [0.05, 0.1) is 16.8 Å². The Hall–Kier alpha value is -3.25. The van der Waals surface area contributed by atoms with E-state index in [-0.39, 0.29) is 17.5 Å². The summed E-state index contributed by atoms with van der Waals surface area (Å²) in [6, 6.07) is 19.4. The largest absolute Gasteiger partial charge is 0.481 e. The minimum Gasteiger partial charge on any atom is -0.481 e. The standard InChI is InChI=1S/C28H32FN3O2/c1-18(20-11-12-23(29)22(14-20)28(2,3)27(33)34)16-32-26(19-8-5-4-6-9-19)21-15-25-24(31-17-21)10-7-13-30-25/h4-14,18,21,26,31-32H,15-17H2,1-3H3,(H,33,34)/t18-,21-,26-/m1/s1. The molecule has 0 spiro atoms. The van der Waals surface area contributed by atoms with Crippen LogP contribution in [0.3, 0.4) is 0 Å². The van der Waals surface area contributed by atoms with Gasteiger partial charge in [0.25, 0.3) is 0 Å². The molecule has 0 unspecified atom stereocenters. The molecule has 0 saturated heterocycles. The summed E-state index contributed by atoms with van der Waals surface area (Å²) >= 11 is 0. The van der Waals surface area contributed by atoms with Crippen molar-refractivity contribution in [3.05, 3.63) is 95.1 Å². The van der Waals surface area contributed by atoms with Crippen molar-refractivity contribution in [2.24, 2.45) is 5.92 Å². The topological polar surface area (TPSA) is 74.2 Å². The van der Waals surface area contributed by atoms with Gasteiger partial charge in [-0.1, -0.05) is 49.4 Å². The summed E-state index contributed by atoms with van der Waals surface area (Å²) in [5.74, 6) is -1.15. The molecular formula is C28H32FN3O2. The number of nitrogens with zero attached hydrogens (tertiary/aromatic N) is 1. The Labute approximate surface area is 200 Å². The van der Waals surface area contributed by atoms with Gasteiger partial charge in [-0.15, -0.1) is 0 Å². The van der Waals surface area contributed by atoms with E-state index in [0.717, 1.165) is 29.9 Å². The number of pyridine rings is 1. The van der Waals surface area contributed by atoms with Gasteiger partial charge in [-0.25, -0.2) is 4.39 Å². The van der Waals surface area contributed by atoms with E-state index in [1.54, 1.807) is 12.1 Å². The summed E-state index contributed by atoms with van der Waals surface area (Å²) in [5.41, 5.74) is 3.22. The lowest BCUT2D eigenvalue weighted by Gasteiger charge is -2.33. The normalized spacial score (nSPS) is 17.4. The molecule has 4 rings (SSSR count). The Balaban J connectivity index is 1.54. The second-order valence-corrected chi connectivity index (χ2v) is 9.71. The van der Waals surface area contributed by atoms with Crippen molar-refractivity contribution in [3.8, 4) is 0 Å². The van der Waals surface area contributed by atoms with Crippen LogP contribution in [0.15, 0.2) is 66.9 Å². The second kappa shape index (κ2) is 9.94. The molecule has 3 atom stereocenters. The van der Waals surface area contributed by atoms with Gasteiger partial charge in [0.2, 0.25) is 0 Å². The Morgan fingerprint density at radius 3 is 2.68 bits per heavy atom. The lowest BCUT2D eigenvalue weighted by molar-refractivity contribution is -0.142. The minimum atomic E-state index is -1.30. The number of carboxylic acids is 1. The molecule has 6 heteroatoms. The highest BCUT2D eigenvalue weighted by atomic mass is 19.1. The number of rotatable bonds is 8. The predicted molar refractivity (Wildman–Crippen MR) is 133 cm³/mol. The van der Waals surface area contributed by atoms with Crippen LogP contribution in [0.1, 0.15) is 55.1 Å². The van der Waals surface area contributed by atoms with Gasteiger partial charge in [-0.2, -0.15) is 0 Å². The van der Waals surface area contributed by atoms with Gasteiger partial charge in [0.15, 0.2) is 0 Å². The lowest BCUT2D eigenvalue weighted by Crippen LogP contribution is -2.37. The molecule has 0 saturated carbocycles. The minimum absolute atomic E-state index is 0.0668. The van der Waals surface area contributed by atoms with Crippen molar-refractivity contribution in [2.45, 2.75) is 44.6 Å². The molecule has 3 aromatic rings. The number of carboxylic acid groups (broad SMARTS) is 1. The van der Waals surface area contributed by atoms with Crippen LogP contribution in [0.4, 0.5) is 10.1 Å². The zero-order chi connectivity index (χ0) is 24.3. The van der Waals surface area contributed by atoms with Crippen molar-refractivity contribution in [1.29, 1.82) is 0 Å². The van der Waals surface area contributed by atoms with E-state index in [0.29, 0.717) is 12.5 Å². The highest BCUT2D eigenvalue weighted by molar-refractivity contribution is 5.80. The number of fused-ring (bicyclic) bond motifs is 1. The van der Waals surface area contributed by atoms with E-state index in [9.17, 15) is 14.3 Å². The number of anilines is 1. The molecule has 2 aromatic carbocycles. The van der Waals surface area contributed by atoms with Gasteiger partial charge >= 0.3 is 5.97 Å². The average Bonchev–Trinajstić information content (AvgIpc) is 2.84. The molecule has 0 amide bonds. The van der Waals surface area contributed by atoms with Crippen LogP contribution >= 0.6 is 0 Å². The molecule has 1 aliphatic heterocycles. The molecule has 34 heavy (non-hydrogen) atoms. The maximum absolute atomic E-state index is 14.5. The van der Waals surface area contributed by atoms with Gasteiger partial charge in [-0.3, -0.25) is 9.78 Å². The van der Waals surface area contributed by atoms with Crippen LogP contribution in [0.25, 0.3) is 0 Å². The fraction of sp³-hybridized carbons (Fsp3) is 0.357. The first-order valence-corrected chi connectivity index (χ1v) is 11.8. The molecular weight excluding hydrogens is 429 g/mol. The highest BCUT2D eigenvalue weighted by Gasteiger charge is 2.33. The molecule has 0 radical (unpaired) electrons. The van der Waals surface area contributed by atoms with Crippen LogP contribution in [0, 0.1) is 11.7 Å². The first-order chi connectivity index (χ1) is 16.3. The summed E-state index contributed by atoms with van der Waals surface area (Å²) < 4.78 is 14.5. The molecule has 2 heterocycles. The highest BCUT2D eigenvalue weighted by Crippen LogP contribution is 2.33. The maximum atomic E-state index is 14.5. The smallest absolute Gasteiger partial charge is 0.313 e. The molecule has 1 aliphatic rings. The van der Waals surface area contributed by atoms with E-state index in [1.807, 2.05) is 18.3 Å². The van der Waals surface area contributed by atoms with E-state index >= 15 is 0 Å². The van der Waals surface area contributed by atoms with E-state index in [2.05, 4.69) is 52.9 Å². The number of aliphatic carboxylic acids is 1. The third kappa shape index (κ3) is 4.97. The van der Waals surface area contributed by atoms with Crippen LogP contribution in [0.2, 0.25) is 0 Å². The molecule has 178 valence electrons. The first-order valence-electron chi connectivity index (χ1n) is 11.8. The van der Waals surface area contributed by atoms with Gasteiger partial charge in [0, 0.05) is 36.8 Å². The monoisotopic (exact) mass is 461 g/mol. The summed E-state index contributed by atoms with van der Waals surface area (Å²) in [6.07, 6.45) is 2.71. The van der Waals surface area contributed by atoms with Crippen LogP contribution in [-0.2, 0) is 16.6 Å². The van der Waals surface area contributed by atoms with Gasteiger partial charge in [0.1, 0.15) is 5.82 Å². The Morgan fingerprint density at radius 2 is 1.94 bits per heavy atom. The third-order valence-corrected chi connectivity index (χ3v) is 6.94. The summed E-state index contributed by atoms with van der Waals surface area (Å²) in [5, 5.41) is 16.9. The second-order valence-electron chi connectivity index (χ2n) is 9.71. The number of hydrogen-bond donors (Lipinski definition) is 3. The van der Waals surface area contributed by atoms with Crippen LogP contribution < -0.4 is 10.6 Å². The first kappa shape index (κ1) is 23.9. The number of nitrogens with one attached hydrogen (secondary N) is 2. The van der Waals surface area contributed by atoms with Crippen LogP contribution in [0.5, 0.6) is 0 Å². The van der Waals surface area contributed by atoms with Crippen molar-refractivity contribution in [1.82, 2.24) is 10.3 Å². The molecule has 3 N–H and O–H groups in total. The SMILES string of the molecule is C[C@H](CN[C@H](c1ccccc1)[C@H]1CNc2cccnc2C1)c1ccc(F)c(C(C)(C)C(=O)O)c1. The molecule has 0 bridgehead atoms. The Kier molecular flexibility index (Phi) is 6.98. The van der Waals surface area contributed by atoms with Crippen molar-refractivity contribution in [3.63, 3.8) is 0 Å². The van der Waals surface area contributed by atoms with Crippen molar-refractivity contribution in [2.75, 3.05) is 18.4 Å². The fourth-order valence-electron chi connectivity index (χ4n) is 4.64. The molecule has 5 nitrogen and oxygen atoms in total. The number of benzene rings is 2. The maximum Gasteiger partial charge on any atom is 0.313 e. The summed E-state index contributed by atoms with van der Waals surface area (Å²) in [4.78, 5) is 16.3. The number of carbonyl (C=O) groups is 1. The Bertz CT molecular complexity index is 1150. The number of halogens is 1. The summed E-state index contributed by atoms with van der Waals surface area (Å²) in [7, 11) is 0. The lowest BCUT2D eigenvalue weighted by atomic mass is 9.82. The van der Waals surface area contributed by atoms with Gasteiger partial charge in [-0.05, 0) is 55.5 Å². The third-order valence-electron chi connectivity index (χ3n) is 6.94. The summed E-state index contributed by atoms with van der Waals surface area (Å²) in [6.45, 7) is 6.66. The van der Waals surface area contributed by atoms with E-state index < -0.39 is 17.2 Å². The van der Waals surface area contributed by atoms with Crippen molar-refractivity contribution >= 4 is 11.7 Å². The van der Waals surface area contributed by atoms with E-state index in [1.165, 1.54) is 25.5 Å². The predicted octanol–water partition coefficient (Wildman–Crippen LogP) is 5.30. The molecule has 0 aliphatic carbocycles. The van der Waals surface area contributed by atoms with Crippen molar-refractivity contribution < 1.29 is 14.3 Å². The van der Waals surface area contributed by atoms with Gasteiger partial charge < -0.3 is 15.7 Å². The number of hydrogen-bond acceptors (Lipinski definition) is 4. The van der Waals surface area contributed by atoms with Crippen LogP contribution in [-0.4, -0.2) is 29.1 Å².